The fourth-order valence-electron chi connectivity index (χ4n) is 1.34. The molecule has 0 spiro atoms. The molecule has 90 valence electrons. The summed E-state index contributed by atoms with van der Waals surface area (Å²) in [5.74, 6) is -0.0125. The number of hydrogen-bond acceptors (Lipinski definition) is 4. The van der Waals surface area contributed by atoms with E-state index in [0.717, 1.165) is 16.9 Å². The van der Waals surface area contributed by atoms with Crippen LogP contribution in [0.1, 0.15) is 12.0 Å². The summed E-state index contributed by atoms with van der Waals surface area (Å²) >= 11 is 0. The molecule has 1 aromatic rings. The summed E-state index contributed by atoms with van der Waals surface area (Å²) in [7, 11) is -3.36. The fraction of sp³-hybridized carbons (Fsp3) is 0.400. The van der Waals surface area contributed by atoms with Crippen LogP contribution in [0.15, 0.2) is 18.2 Å². The molecule has 0 fully saturated rings. The molecular formula is C10H17N3O2S. The first kappa shape index (κ1) is 12.8. The van der Waals surface area contributed by atoms with Gasteiger partial charge in [0.05, 0.1) is 5.75 Å². The van der Waals surface area contributed by atoms with Crippen molar-refractivity contribution in [3.8, 4) is 0 Å². The minimum atomic E-state index is -3.36. The number of sulfonamides is 1. The highest BCUT2D eigenvalue weighted by Crippen LogP contribution is 2.20. The van der Waals surface area contributed by atoms with Crippen LogP contribution in [0.5, 0.6) is 0 Å². The van der Waals surface area contributed by atoms with E-state index < -0.39 is 10.0 Å². The molecule has 0 amide bonds. The molecule has 5 nitrogen and oxygen atoms in total. The third-order valence-corrected chi connectivity index (χ3v) is 3.15. The maximum absolute atomic E-state index is 10.7. The summed E-state index contributed by atoms with van der Waals surface area (Å²) in [5.41, 5.74) is 8.35. The third-order valence-electron chi connectivity index (χ3n) is 2.30. The van der Waals surface area contributed by atoms with Gasteiger partial charge in [0.2, 0.25) is 10.0 Å². The van der Waals surface area contributed by atoms with Gasteiger partial charge in [0.1, 0.15) is 0 Å². The molecule has 0 radical (unpaired) electrons. The van der Waals surface area contributed by atoms with Gasteiger partial charge >= 0.3 is 0 Å². The first-order chi connectivity index (χ1) is 7.40. The molecule has 0 atom stereocenters. The minimum absolute atomic E-state index is 0.0125. The monoisotopic (exact) mass is 243 g/mol. The van der Waals surface area contributed by atoms with Crippen molar-refractivity contribution in [2.45, 2.75) is 13.3 Å². The molecule has 0 unspecified atom stereocenters. The summed E-state index contributed by atoms with van der Waals surface area (Å²) in [6, 6.07) is 5.58. The molecule has 0 saturated carbocycles. The van der Waals surface area contributed by atoms with E-state index in [-0.39, 0.29) is 5.75 Å². The summed E-state index contributed by atoms with van der Waals surface area (Å²) in [6.45, 7) is 2.47. The summed E-state index contributed by atoms with van der Waals surface area (Å²) < 4.78 is 21.4. The summed E-state index contributed by atoms with van der Waals surface area (Å²) in [5, 5.41) is 8.02. The molecule has 0 aliphatic rings. The lowest BCUT2D eigenvalue weighted by Crippen LogP contribution is -2.18. The molecule has 0 aliphatic carbocycles. The average molecular weight is 243 g/mol. The van der Waals surface area contributed by atoms with Crippen LogP contribution in [0.3, 0.4) is 0 Å². The zero-order valence-corrected chi connectivity index (χ0v) is 10.0. The Morgan fingerprint density at radius 2 is 2.06 bits per heavy atom. The third kappa shape index (κ3) is 4.08. The quantitative estimate of drug-likeness (QED) is 0.523. The van der Waals surface area contributed by atoms with Crippen LogP contribution in [0.25, 0.3) is 0 Å². The van der Waals surface area contributed by atoms with Gasteiger partial charge < -0.3 is 11.1 Å². The highest BCUT2D eigenvalue weighted by molar-refractivity contribution is 7.89. The first-order valence-corrected chi connectivity index (χ1v) is 6.71. The van der Waals surface area contributed by atoms with Gasteiger partial charge in [-0.1, -0.05) is 6.07 Å². The number of nitrogen functional groups attached to an aromatic ring is 1. The van der Waals surface area contributed by atoms with Crippen molar-refractivity contribution in [2.24, 2.45) is 5.14 Å². The number of nitrogens with two attached hydrogens (primary N) is 2. The Bertz CT molecular complexity index is 457. The number of benzene rings is 1. The van der Waals surface area contributed by atoms with Crippen LogP contribution in [-0.2, 0) is 10.0 Å². The normalized spacial score (nSPS) is 11.4. The Balaban J connectivity index is 2.47. The second-order valence-corrected chi connectivity index (χ2v) is 5.40. The Hall–Kier alpha value is -1.27. The zero-order chi connectivity index (χ0) is 12.2. The van der Waals surface area contributed by atoms with Gasteiger partial charge in [-0.3, -0.25) is 0 Å². The summed E-state index contributed by atoms with van der Waals surface area (Å²) in [4.78, 5) is 0. The topological polar surface area (TPSA) is 98.2 Å². The average Bonchev–Trinajstić information content (AvgIpc) is 2.17. The van der Waals surface area contributed by atoms with Crippen molar-refractivity contribution in [2.75, 3.05) is 23.3 Å². The lowest BCUT2D eigenvalue weighted by Gasteiger charge is -2.10. The van der Waals surface area contributed by atoms with Crippen molar-refractivity contribution >= 4 is 21.4 Å². The standard InChI is InChI=1S/C10H17N3O2S/c1-8-9(11)4-2-5-10(8)13-6-3-7-16(12,14)15/h2,4-5,13H,3,6-7,11H2,1H3,(H2,12,14,15). The van der Waals surface area contributed by atoms with E-state index in [1.54, 1.807) is 0 Å². The van der Waals surface area contributed by atoms with Gasteiger partial charge in [-0.15, -0.1) is 0 Å². The van der Waals surface area contributed by atoms with Crippen molar-refractivity contribution in [3.05, 3.63) is 23.8 Å². The first-order valence-electron chi connectivity index (χ1n) is 4.99. The van der Waals surface area contributed by atoms with Gasteiger partial charge in [-0.2, -0.15) is 0 Å². The molecule has 16 heavy (non-hydrogen) atoms. The molecule has 5 N–H and O–H groups in total. The van der Waals surface area contributed by atoms with E-state index in [2.05, 4.69) is 5.32 Å². The maximum Gasteiger partial charge on any atom is 0.209 e. The smallest absolute Gasteiger partial charge is 0.209 e. The van der Waals surface area contributed by atoms with Gasteiger partial charge in [0, 0.05) is 17.9 Å². The predicted molar refractivity (Wildman–Crippen MR) is 66.7 cm³/mol. The van der Waals surface area contributed by atoms with E-state index >= 15 is 0 Å². The molecule has 0 heterocycles. The van der Waals surface area contributed by atoms with Gasteiger partial charge in [0.25, 0.3) is 0 Å². The van der Waals surface area contributed by atoms with E-state index in [0.29, 0.717) is 13.0 Å². The van der Waals surface area contributed by atoms with E-state index in [4.69, 9.17) is 10.9 Å². The molecular weight excluding hydrogens is 226 g/mol. The largest absolute Gasteiger partial charge is 0.398 e. The lowest BCUT2D eigenvalue weighted by molar-refractivity contribution is 0.596. The molecule has 0 aliphatic heterocycles. The SMILES string of the molecule is Cc1c(N)cccc1NCCCS(N)(=O)=O. The van der Waals surface area contributed by atoms with Crippen molar-refractivity contribution < 1.29 is 8.42 Å². The van der Waals surface area contributed by atoms with Gasteiger partial charge in [0.15, 0.2) is 0 Å². The fourth-order valence-corrected chi connectivity index (χ4v) is 1.89. The lowest BCUT2D eigenvalue weighted by atomic mass is 10.1. The Kier molecular flexibility index (Phi) is 4.14. The Morgan fingerprint density at radius 1 is 1.38 bits per heavy atom. The Morgan fingerprint density at radius 3 is 2.69 bits per heavy atom. The van der Waals surface area contributed by atoms with Crippen LogP contribution in [0.2, 0.25) is 0 Å². The number of rotatable bonds is 5. The molecule has 1 aromatic carbocycles. The van der Waals surface area contributed by atoms with Crippen molar-refractivity contribution in [1.82, 2.24) is 0 Å². The van der Waals surface area contributed by atoms with Crippen molar-refractivity contribution in [1.29, 1.82) is 0 Å². The maximum atomic E-state index is 10.7. The number of anilines is 2. The Labute approximate surface area is 95.9 Å². The van der Waals surface area contributed by atoms with Crippen LogP contribution in [0, 0.1) is 6.92 Å². The van der Waals surface area contributed by atoms with Crippen LogP contribution in [-0.4, -0.2) is 20.7 Å². The molecule has 1 rings (SSSR count). The molecule has 0 aromatic heterocycles. The van der Waals surface area contributed by atoms with E-state index in [1.807, 2.05) is 25.1 Å². The molecule has 0 bridgehead atoms. The predicted octanol–water partition coefficient (Wildman–Crippen LogP) is 0.668. The van der Waals surface area contributed by atoms with E-state index in [1.165, 1.54) is 0 Å². The summed E-state index contributed by atoms with van der Waals surface area (Å²) in [6.07, 6.45) is 0.479. The van der Waals surface area contributed by atoms with Gasteiger partial charge in [-0.05, 0) is 31.0 Å². The van der Waals surface area contributed by atoms with Gasteiger partial charge in [-0.25, -0.2) is 13.6 Å². The van der Waals surface area contributed by atoms with Crippen LogP contribution < -0.4 is 16.2 Å². The van der Waals surface area contributed by atoms with E-state index in [9.17, 15) is 8.42 Å². The second-order valence-electron chi connectivity index (χ2n) is 3.67. The highest BCUT2D eigenvalue weighted by atomic mass is 32.2. The second kappa shape index (κ2) is 5.18. The number of hydrogen-bond donors (Lipinski definition) is 3. The zero-order valence-electron chi connectivity index (χ0n) is 9.23. The minimum Gasteiger partial charge on any atom is -0.398 e. The van der Waals surface area contributed by atoms with Crippen LogP contribution in [0.4, 0.5) is 11.4 Å². The molecule has 6 heteroatoms. The van der Waals surface area contributed by atoms with Crippen LogP contribution >= 0.6 is 0 Å². The number of primary sulfonamides is 1. The molecule has 0 saturated heterocycles. The highest BCUT2D eigenvalue weighted by Gasteiger charge is 2.03. The van der Waals surface area contributed by atoms with Crippen molar-refractivity contribution in [3.63, 3.8) is 0 Å². The number of nitrogens with one attached hydrogen (secondary N) is 1.